The number of methoxy groups -OCH3 is 1. The van der Waals surface area contributed by atoms with Crippen molar-refractivity contribution in [3.05, 3.63) is 59.7 Å². The third-order valence-electron chi connectivity index (χ3n) is 6.20. The van der Waals surface area contributed by atoms with Crippen molar-refractivity contribution < 1.29 is 23.8 Å². The summed E-state index contributed by atoms with van der Waals surface area (Å²) in [4.78, 5) is 26.1. The predicted molar refractivity (Wildman–Crippen MR) is 121 cm³/mol. The highest BCUT2D eigenvalue weighted by Crippen LogP contribution is 2.48. The monoisotopic (exact) mass is 437 g/mol. The number of ketones is 1. The molecule has 2 aliphatic rings. The van der Waals surface area contributed by atoms with Gasteiger partial charge in [-0.1, -0.05) is 36.4 Å². The zero-order valence-corrected chi connectivity index (χ0v) is 18.8. The van der Waals surface area contributed by atoms with Gasteiger partial charge in [-0.15, -0.1) is 0 Å². The molecule has 2 aromatic rings. The molecule has 2 aromatic carbocycles. The van der Waals surface area contributed by atoms with Crippen LogP contribution in [0.2, 0.25) is 0 Å². The van der Waals surface area contributed by atoms with Crippen LogP contribution in [0.4, 0.5) is 0 Å². The number of amides is 1. The zero-order valence-electron chi connectivity index (χ0n) is 18.8. The van der Waals surface area contributed by atoms with E-state index in [0.717, 1.165) is 12.0 Å². The van der Waals surface area contributed by atoms with E-state index in [0.29, 0.717) is 56.6 Å². The van der Waals surface area contributed by atoms with Gasteiger partial charge in [0.25, 0.3) is 0 Å². The molecule has 6 heteroatoms. The molecule has 1 saturated heterocycles. The molecule has 6 nitrogen and oxygen atoms in total. The standard InChI is InChI=1S/C26H31NO5/c1-18(28)8-9-19-10-11-24(25(14-19)30-2)32-17-21-16-27(12-13-31-21)26(29)23-15-22(23)20-6-4-3-5-7-20/h3-7,10-11,14,21-23H,8-9,12-13,15-17H2,1-2H3/t21?,22-,23+/m0/s1. The van der Waals surface area contributed by atoms with Gasteiger partial charge in [-0.3, -0.25) is 4.79 Å². The lowest BCUT2D eigenvalue weighted by atomic mass is 10.1. The van der Waals surface area contributed by atoms with Crippen LogP contribution in [-0.4, -0.2) is 56.1 Å². The lowest BCUT2D eigenvalue weighted by Crippen LogP contribution is -2.48. The number of morpholine rings is 1. The first-order chi connectivity index (χ1) is 15.5. The number of ether oxygens (including phenoxy) is 3. The molecule has 1 amide bonds. The Labute approximate surface area is 189 Å². The molecule has 170 valence electrons. The number of aryl methyl sites for hydroxylation is 1. The van der Waals surface area contributed by atoms with Crippen molar-refractivity contribution in [3.63, 3.8) is 0 Å². The molecule has 0 radical (unpaired) electrons. The van der Waals surface area contributed by atoms with Crippen LogP contribution in [0.25, 0.3) is 0 Å². The van der Waals surface area contributed by atoms with E-state index in [1.807, 2.05) is 41.3 Å². The largest absolute Gasteiger partial charge is 0.493 e. The smallest absolute Gasteiger partial charge is 0.226 e. The Bertz CT molecular complexity index is 944. The zero-order chi connectivity index (χ0) is 22.5. The number of benzene rings is 2. The molecule has 0 bridgehead atoms. The van der Waals surface area contributed by atoms with Gasteiger partial charge in [0, 0.05) is 18.9 Å². The van der Waals surface area contributed by atoms with Gasteiger partial charge in [0.05, 0.1) is 20.3 Å². The normalized spacial score (nSPS) is 22.3. The molecule has 1 aliphatic carbocycles. The maximum atomic E-state index is 13.0. The van der Waals surface area contributed by atoms with Crippen LogP contribution in [-0.2, 0) is 20.7 Å². The molecule has 4 rings (SSSR count). The minimum absolute atomic E-state index is 0.0831. The molecule has 1 heterocycles. The fraction of sp³-hybridized carbons (Fsp3) is 0.462. The van der Waals surface area contributed by atoms with Gasteiger partial charge in [-0.05, 0) is 48.9 Å². The number of nitrogens with zero attached hydrogens (tertiary/aromatic N) is 1. The third-order valence-corrected chi connectivity index (χ3v) is 6.20. The highest BCUT2D eigenvalue weighted by atomic mass is 16.5. The molecule has 1 unspecified atom stereocenters. The predicted octanol–water partition coefficient (Wildman–Crippen LogP) is 3.63. The molecule has 0 spiro atoms. The van der Waals surface area contributed by atoms with Crippen molar-refractivity contribution in [2.24, 2.45) is 5.92 Å². The van der Waals surface area contributed by atoms with Gasteiger partial charge in [0.1, 0.15) is 18.5 Å². The third kappa shape index (κ3) is 5.49. The molecule has 1 saturated carbocycles. The van der Waals surface area contributed by atoms with Crippen LogP contribution >= 0.6 is 0 Å². The van der Waals surface area contributed by atoms with Crippen molar-refractivity contribution in [2.75, 3.05) is 33.4 Å². The van der Waals surface area contributed by atoms with E-state index in [2.05, 4.69) is 12.1 Å². The Morgan fingerprint density at radius 1 is 1.12 bits per heavy atom. The fourth-order valence-electron chi connectivity index (χ4n) is 4.28. The summed E-state index contributed by atoms with van der Waals surface area (Å²) >= 11 is 0. The van der Waals surface area contributed by atoms with E-state index < -0.39 is 0 Å². The van der Waals surface area contributed by atoms with E-state index in [1.54, 1.807) is 14.0 Å². The summed E-state index contributed by atoms with van der Waals surface area (Å²) in [5.41, 5.74) is 2.28. The highest BCUT2D eigenvalue weighted by Gasteiger charge is 2.46. The fourth-order valence-corrected chi connectivity index (χ4v) is 4.28. The van der Waals surface area contributed by atoms with Gasteiger partial charge in [-0.25, -0.2) is 0 Å². The second-order valence-electron chi connectivity index (χ2n) is 8.63. The quantitative estimate of drug-likeness (QED) is 0.600. The number of carbonyl (C=O) groups is 2. The Kier molecular flexibility index (Phi) is 7.10. The van der Waals surface area contributed by atoms with Crippen LogP contribution in [0.1, 0.15) is 36.8 Å². The molecular formula is C26H31NO5. The molecule has 0 N–H and O–H groups in total. The lowest BCUT2D eigenvalue weighted by molar-refractivity contribution is -0.141. The average molecular weight is 438 g/mol. The number of Topliss-reactive ketones (excluding diaryl/α,β-unsaturated/α-hetero) is 1. The van der Waals surface area contributed by atoms with Crippen LogP contribution in [0.3, 0.4) is 0 Å². The first-order valence-corrected chi connectivity index (χ1v) is 11.3. The van der Waals surface area contributed by atoms with E-state index in [9.17, 15) is 9.59 Å². The first kappa shape index (κ1) is 22.3. The van der Waals surface area contributed by atoms with Crippen LogP contribution < -0.4 is 9.47 Å². The number of rotatable bonds is 9. The molecule has 0 aromatic heterocycles. The van der Waals surface area contributed by atoms with Crippen molar-refractivity contribution in [1.29, 1.82) is 0 Å². The number of hydrogen-bond donors (Lipinski definition) is 0. The maximum absolute atomic E-state index is 13.0. The van der Waals surface area contributed by atoms with Gasteiger partial charge in [0.2, 0.25) is 5.91 Å². The van der Waals surface area contributed by atoms with Gasteiger partial charge >= 0.3 is 0 Å². The van der Waals surface area contributed by atoms with Crippen LogP contribution in [0.15, 0.2) is 48.5 Å². The summed E-state index contributed by atoms with van der Waals surface area (Å²) in [5.74, 6) is 2.08. The summed E-state index contributed by atoms with van der Waals surface area (Å²) in [6.45, 7) is 3.62. The average Bonchev–Trinajstić information content (AvgIpc) is 3.63. The SMILES string of the molecule is COc1cc(CCC(C)=O)ccc1OCC1CN(C(=O)[C@@H]2C[C@H]2c2ccccc2)CCO1. The number of hydrogen-bond acceptors (Lipinski definition) is 5. The second-order valence-corrected chi connectivity index (χ2v) is 8.63. The summed E-state index contributed by atoms with van der Waals surface area (Å²) in [7, 11) is 1.60. The van der Waals surface area contributed by atoms with E-state index in [1.165, 1.54) is 5.56 Å². The summed E-state index contributed by atoms with van der Waals surface area (Å²) in [5, 5.41) is 0. The topological polar surface area (TPSA) is 65.1 Å². The van der Waals surface area contributed by atoms with E-state index in [-0.39, 0.29) is 23.7 Å². The van der Waals surface area contributed by atoms with Gasteiger partial charge in [0.15, 0.2) is 11.5 Å². The van der Waals surface area contributed by atoms with Crippen molar-refractivity contribution >= 4 is 11.7 Å². The first-order valence-electron chi connectivity index (χ1n) is 11.3. The van der Waals surface area contributed by atoms with E-state index >= 15 is 0 Å². The van der Waals surface area contributed by atoms with Crippen molar-refractivity contribution in [1.82, 2.24) is 4.90 Å². The van der Waals surface area contributed by atoms with Crippen molar-refractivity contribution in [3.8, 4) is 11.5 Å². The lowest BCUT2D eigenvalue weighted by Gasteiger charge is -2.33. The maximum Gasteiger partial charge on any atom is 0.226 e. The van der Waals surface area contributed by atoms with Gasteiger partial charge < -0.3 is 23.9 Å². The Morgan fingerprint density at radius 3 is 2.69 bits per heavy atom. The Morgan fingerprint density at radius 2 is 1.94 bits per heavy atom. The summed E-state index contributed by atoms with van der Waals surface area (Å²) in [6.07, 6.45) is 1.94. The van der Waals surface area contributed by atoms with Crippen LogP contribution in [0.5, 0.6) is 11.5 Å². The van der Waals surface area contributed by atoms with E-state index in [4.69, 9.17) is 14.2 Å². The Balaban J connectivity index is 1.30. The second kappa shape index (κ2) is 10.2. The molecule has 32 heavy (non-hydrogen) atoms. The number of carbonyl (C=O) groups excluding carboxylic acids is 2. The van der Waals surface area contributed by atoms with Crippen LogP contribution in [0, 0.1) is 5.92 Å². The summed E-state index contributed by atoms with van der Waals surface area (Å²) in [6, 6.07) is 16.0. The minimum Gasteiger partial charge on any atom is -0.493 e. The Hall–Kier alpha value is -2.86. The molecule has 3 atom stereocenters. The molecule has 1 aliphatic heterocycles. The highest BCUT2D eigenvalue weighted by molar-refractivity contribution is 5.83. The van der Waals surface area contributed by atoms with Crippen molar-refractivity contribution in [2.45, 2.75) is 38.2 Å². The molecular weight excluding hydrogens is 406 g/mol. The minimum atomic E-state index is -0.177. The molecule has 2 fully saturated rings. The van der Waals surface area contributed by atoms with Gasteiger partial charge in [-0.2, -0.15) is 0 Å². The summed E-state index contributed by atoms with van der Waals surface area (Å²) < 4.78 is 17.3.